The first-order valence-corrected chi connectivity index (χ1v) is 5.69. The first-order chi connectivity index (χ1) is 7.19. The minimum absolute atomic E-state index is 0.856. The lowest BCUT2D eigenvalue weighted by molar-refractivity contribution is -0.344. The summed E-state index contributed by atoms with van der Waals surface area (Å²) in [7, 11) is -5.23. The van der Waals surface area contributed by atoms with Gasteiger partial charge in [-0.05, 0) is 0 Å². The zero-order chi connectivity index (χ0) is 12.6. The number of hydrogen-bond acceptors (Lipinski definition) is 9. The summed E-state index contributed by atoms with van der Waals surface area (Å²) in [4.78, 5) is 20.3. The SMILES string of the molecule is O=P([O-])([O-])OC[C@H]1O[C@](O)(CO)[C@@H](O)[C@@H]1O. The van der Waals surface area contributed by atoms with Gasteiger partial charge in [-0.1, -0.05) is 0 Å². The molecule has 1 rings (SSSR count). The topological polar surface area (TPSA) is 163 Å². The molecule has 0 saturated carbocycles. The van der Waals surface area contributed by atoms with Crippen LogP contribution in [0.2, 0.25) is 0 Å². The summed E-state index contributed by atoms with van der Waals surface area (Å²) in [6.07, 6.45) is -4.93. The van der Waals surface area contributed by atoms with Crippen LogP contribution in [0, 0.1) is 0 Å². The van der Waals surface area contributed by atoms with Crippen LogP contribution in [0.5, 0.6) is 0 Å². The molecule has 96 valence electrons. The molecule has 0 bridgehead atoms. The third kappa shape index (κ3) is 2.98. The van der Waals surface area contributed by atoms with Gasteiger partial charge in [0.05, 0.1) is 21.0 Å². The van der Waals surface area contributed by atoms with Gasteiger partial charge < -0.3 is 44.0 Å². The first kappa shape index (κ1) is 14.0. The van der Waals surface area contributed by atoms with E-state index in [1.165, 1.54) is 0 Å². The Morgan fingerprint density at radius 2 is 2.00 bits per heavy atom. The Morgan fingerprint density at radius 1 is 1.44 bits per heavy atom. The van der Waals surface area contributed by atoms with Crippen LogP contribution in [0.3, 0.4) is 0 Å². The summed E-state index contributed by atoms with van der Waals surface area (Å²) in [5.41, 5.74) is 0. The van der Waals surface area contributed by atoms with E-state index < -0.39 is 45.1 Å². The molecule has 0 radical (unpaired) electrons. The highest BCUT2D eigenvalue weighted by molar-refractivity contribution is 7.43. The van der Waals surface area contributed by atoms with Gasteiger partial charge in [0.1, 0.15) is 18.3 Å². The van der Waals surface area contributed by atoms with Crippen LogP contribution in [0.15, 0.2) is 0 Å². The molecule has 0 aliphatic carbocycles. The van der Waals surface area contributed by atoms with E-state index in [0.717, 1.165) is 0 Å². The Kier molecular flexibility index (Phi) is 4.06. The number of phosphoric acid groups is 1. The summed E-state index contributed by atoms with van der Waals surface area (Å²) < 4.78 is 18.6. The van der Waals surface area contributed by atoms with E-state index in [2.05, 4.69) is 9.26 Å². The fourth-order valence-corrected chi connectivity index (χ4v) is 1.63. The molecular weight excluding hydrogens is 247 g/mol. The molecule has 0 aromatic carbocycles. The van der Waals surface area contributed by atoms with Gasteiger partial charge in [-0.15, -0.1) is 0 Å². The second-order valence-electron chi connectivity index (χ2n) is 3.34. The number of aliphatic hydroxyl groups is 4. The van der Waals surface area contributed by atoms with Crippen molar-refractivity contribution >= 4 is 7.82 Å². The Morgan fingerprint density at radius 3 is 2.38 bits per heavy atom. The lowest BCUT2D eigenvalue weighted by Gasteiger charge is -2.30. The van der Waals surface area contributed by atoms with E-state index in [0.29, 0.717) is 0 Å². The molecule has 1 saturated heterocycles. The maximum Gasteiger partial charge on any atom is 0.219 e. The molecule has 4 N–H and O–H groups in total. The largest absolute Gasteiger partial charge is 0.790 e. The van der Waals surface area contributed by atoms with Crippen molar-refractivity contribution in [2.75, 3.05) is 13.2 Å². The standard InChI is InChI=1S/C6H13O9P/c7-2-6(10)5(9)4(8)3(15-6)1-14-16(11,12)13/h3-5,7-10H,1-2H2,(H2,11,12,13)/p-2/t3-,4-,5+,6-/m1/s1. The van der Waals surface area contributed by atoms with Crippen molar-refractivity contribution < 1.29 is 44.0 Å². The number of aliphatic hydroxyl groups excluding tert-OH is 3. The molecule has 1 fully saturated rings. The number of ether oxygens (including phenoxy) is 1. The van der Waals surface area contributed by atoms with Crippen LogP contribution in [0.1, 0.15) is 0 Å². The summed E-state index contributed by atoms with van der Waals surface area (Å²) in [6, 6.07) is 0. The molecule has 1 heterocycles. The molecule has 0 spiro atoms. The number of hydrogen-bond donors (Lipinski definition) is 4. The predicted molar refractivity (Wildman–Crippen MR) is 42.5 cm³/mol. The lowest BCUT2D eigenvalue weighted by atomic mass is 10.1. The fourth-order valence-electron chi connectivity index (χ4n) is 1.30. The zero-order valence-corrected chi connectivity index (χ0v) is 8.82. The summed E-state index contributed by atoms with van der Waals surface area (Å²) >= 11 is 0. The van der Waals surface area contributed by atoms with E-state index in [4.69, 9.17) is 5.11 Å². The molecule has 1 aliphatic rings. The van der Waals surface area contributed by atoms with Crippen LogP contribution in [-0.2, 0) is 13.8 Å². The van der Waals surface area contributed by atoms with Crippen molar-refractivity contribution in [3.8, 4) is 0 Å². The second-order valence-corrected chi connectivity index (χ2v) is 4.49. The highest BCUT2D eigenvalue weighted by Gasteiger charge is 2.53. The monoisotopic (exact) mass is 258 g/mol. The average Bonchev–Trinajstić information content (AvgIpc) is 2.40. The molecule has 0 unspecified atom stereocenters. The van der Waals surface area contributed by atoms with Crippen molar-refractivity contribution in [1.82, 2.24) is 0 Å². The van der Waals surface area contributed by atoms with Gasteiger partial charge in [0.15, 0.2) is 0 Å². The van der Waals surface area contributed by atoms with Gasteiger partial charge in [0.2, 0.25) is 5.79 Å². The van der Waals surface area contributed by atoms with Crippen LogP contribution < -0.4 is 9.79 Å². The third-order valence-corrected chi connectivity index (χ3v) is 2.61. The first-order valence-electron chi connectivity index (χ1n) is 4.23. The molecular formula is C6H11O9P-2. The van der Waals surface area contributed by atoms with Gasteiger partial charge in [-0.3, -0.25) is 0 Å². The number of phosphoric ester groups is 1. The fraction of sp³-hybridized carbons (Fsp3) is 1.00. The second kappa shape index (κ2) is 4.65. The minimum Gasteiger partial charge on any atom is -0.790 e. The van der Waals surface area contributed by atoms with Gasteiger partial charge in [0.25, 0.3) is 0 Å². The highest BCUT2D eigenvalue weighted by Crippen LogP contribution is 2.32. The highest BCUT2D eigenvalue weighted by atomic mass is 31.2. The van der Waals surface area contributed by atoms with Crippen molar-refractivity contribution in [2.45, 2.75) is 24.1 Å². The normalized spacial score (nSPS) is 40.2. The lowest BCUT2D eigenvalue weighted by Crippen LogP contribution is -2.46. The molecule has 16 heavy (non-hydrogen) atoms. The van der Waals surface area contributed by atoms with Crippen LogP contribution in [-0.4, -0.2) is 57.7 Å². The summed E-state index contributed by atoms with van der Waals surface area (Å²) in [5, 5.41) is 36.6. The summed E-state index contributed by atoms with van der Waals surface area (Å²) in [5.74, 6) is -2.40. The molecule has 0 aromatic heterocycles. The van der Waals surface area contributed by atoms with Gasteiger partial charge >= 0.3 is 0 Å². The van der Waals surface area contributed by atoms with Crippen molar-refractivity contribution in [3.63, 3.8) is 0 Å². The van der Waals surface area contributed by atoms with Gasteiger partial charge in [-0.25, -0.2) is 0 Å². The zero-order valence-electron chi connectivity index (χ0n) is 7.92. The Bertz CT molecular complexity index is 290. The Labute approximate surface area is 90.1 Å². The predicted octanol–water partition coefficient (Wildman–Crippen LogP) is -4.37. The quantitative estimate of drug-likeness (QED) is 0.365. The van der Waals surface area contributed by atoms with Crippen LogP contribution in [0.4, 0.5) is 0 Å². The Balaban J connectivity index is 2.61. The molecule has 0 aromatic rings. The molecule has 10 heteroatoms. The molecule has 1 aliphatic heterocycles. The molecule has 9 nitrogen and oxygen atoms in total. The van der Waals surface area contributed by atoms with E-state index >= 15 is 0 Å². The molecule has 0 amide bonds. The maximum atomic E-state index is 10.1. The Hall–Kier alpha value is -0.0900. The minimum atomic E-state index is -5.23. The van der Waals surface area contributed by atoms with E-state index in [1.54, 1.807) is 0 Å². The van der Waals surface area contributed by atoms with Gasteiger partial charge in [0, 0.05) is 0 Å². The van der Waals surface area contributed by atoms with Crippen molar-refractivity contribution in [1.29, 1.82) is 0 Å². The average molecular weight is 258 g/mol. The molecule has 4 atom stereocenters. The van der Waals surface area contributed by atoms with E-state index in [9.17, 15) is 29.7 Å². The van der Waals surface area contributed by atoms with Crippen LogP contribution >= 0.6 is 7.82 Å². The van der Waals surface area contributed by atoms with Crippen molar-refractivity contribution in [3.05, 3.63) is 0 Å². The third-order valence-electron chi connectivity index (χ3n) is 2.15. The van der Waals surface area contributed by atoms with Crippen LogP contribution in [0.25, 0.3) is 0 Å². The van der Waals surface area contributed by atoms with E-state index in [-0.39, 0.29) is 0 Å². The van der Waals surface area contributed by atoms with E-state index in [1.807, 2.05) is 0 Å². The van der Waals surface area contributed by atoms with Gasteiger partial charge in [-0.2, -0.15) is 0 Å². The van der Waals surface area contributed by atoms with Crippen molar-refractivity contribution in [2.24, 2.45) is 0 Å². The number of rotatable bonds is 4. The smallest absolute Gasteiger partial charge is 0.219 e. The summed E-state index contributed by atoms with van der Waals surface area (Å²) in [6.45, 7) is -1.86. The maximum absolute atomic E-state index is 10.1.